The molecule has 0 spiro atoms. The van der Waals surface area contributed by atoms with Gasteiger partial charge in [-0.15, -0.1) is 10.2 Å². The van der Waals surface area contributed by atoms with Gasteiger partial charge in [-0.3, -0.25) is 0 Å². The maximum absolute atomic E-state index is 5.99. The first-order chi connectivity index (χ1) is 10.2. The van der Waals surface area contributed by atoms with Gasteiger partial charge in [0.05, 0.1) is 16.5 Å². The Morgan fingerprint density at radius 2 is 1.90 bits per heavy atom. The van der Waals surface area contributed by atoms with Crippen molar-refractivity contribution in [3.05, 3.63) is 45.6 Å². The summed E-state index contributed by atoms with van der Waals surface area (Å²) in [6, 6.07) is 5.51. The molecule has 0 saturated carbocycles. The van der Waals surface area contributed by atoms with Crippen molar-refractivity contribution in [1.29, 1.82) is 0 Å². The van der Waals surface area contributed by atoms with Crippen LogP contribution in [0.1, 0.15) is 37.1 Å². The molecule has 6 heteroatoms. The van der Waals surface area contributed by atoms with Crippen LogP contribution in [0.4, 0.5) is 0 Å². The molecule has 21 heavy (non-hydrogen) atoms. The Morgan fingerprint density at radius 3 is 2.67 bits per heavy atom. The van der Waals surface area contributed by atoms with Crippen LogP contribution in [0.15, 0.2) is 22.6 Å². The smallest absolute Gasteiger partial charge is 0.220 e. The van der Waals surface area contributed by atoms with Crippen LogP contribution in [-0.4, -0.2) is 23.3 Å². The zero-order chi connectivity index (χ0) is 15.1. The van der Waals surface area contributed by atoms with Gasteiger partial charge in [0, 0.05) is 6.42 Å². The quantitative estimate of drug-likeness (QED) is 0.747. The molecular formula is C15H19Cl2N3O. The van der Waals surface area contributed by atoms with Gasteiger partial charge in [0.2, 0.25) is 11.8 Å². The van der Waals surface area contributed by atoms with Crippen LogP contribution < -0.4 is 5.32 Å². The molecule has 0 saturated heterocycles. The molecule has 0 amide bonds. The van der Waals surface area contributed by atoms with Crippen molar-refractivity contribution < 1.29 is 4.42 Å². The van der Waals surface area contributed by atoms with Crippen molar-refractivity contribution in [2.45, 2.75) is 32.6 Å². The summed E-state index contributed by atoms with van der Waals surface area (Å²) in [5.74, 6) is 1.29. The predicted octanol–water partition coefficient (Wildman–Crippen LogP) is 3.90. The summed E-state index contributed by atoms with van der Waals surface area (Å²) in [7, 11) is 0. The Balaban J connectivity index is 1.83. The van der Waals surface area contributed by atoms with Gasteiger partial charge in [0.25, 0.3) is 0 Å². The van der Waals surface area contributed by atoms with E-state index in [2.05, 4.69) is 22.4 Å². The zero-order valence-electron chi connectivity index (χ0n) is 12.0. The lowest BCUT2D eigenvalue weighted by molar-refractivity contribution is 0.449. The van der Waals surface area contributed by atoms with Gasteiger partial charge in [-0.25, -0.2) is 0 Å². The summed E-state index contributed by atoms with van der Waals surface area (Å²) in [5.41, 5.74) is 1.00. The van der Waals surface area contributed by atoms with E-state index >= 15 is 0 Å². The molecule has 0 aliphatic carbocycles. The van der Waals surface area contributed by atoms with Crippen LogP contribution in [-0.2, 0) is 12.8 Å². The highest BCUT2D eigenvalue weighted by Gasteiger charge is 2.08. The zero-order valence-corrected chi connectivity index (χ0v) is 13.5. The Hall–Kier alpha value is -1.10. The molecular weight excluding hydrogens is 309 g/mol. The molecule has 1 aromatic carbocycles. The van der Waals surface area contributed by atoms with Crippen LogP contribution in [0, 0.1) is 0 Å². The number of halogens is 2. The van der Waals surface area contributed by atoms with Crippen LogP contribution in [0.3, 0.4) is 0 Å². The van der Waals surface area contributed by atoms with E-state index in [0.29, 0.717) is 28.2 Å². The summed E-state index contributed by atoms with van der Waals surface area (Å²) in [4.78, 5) is 0. The Morgan fingerprint density at radius 1 is 1.10 bits per heavy atom. The fraction of sp³-hybridized carbons (Fsp3) is 0.467. The lowest BCUT2D eigenvalue weighted by atomic mass is 10.1. The molecule has 0 radical (unpaired) electrons. The Kier molecular flexibility index (Phi) is 6.49. The number of hydrogen-bond acceptors (Lipinski definition) is 4. The van der Waals surface area contributed by atoms with E-state index in [1.807, 2.05) is 12.1 Å². The maximum atomic E-state index is 5.99. The normalized spacial score (nSPS) is 11.0. The summed E-state index contributed by atoms with van der Waals surface area (Å²) in [6.07, 6.45) is 3.51. The summed E-state index contributed by atoms with van der Waals surface area (Å²) in [6.45, 7) is 4.17. The molecule has 0 unspecified atom stereocenters. The van der Waals surface area contributed by atoms with Crippen molar-refractivity contribution in [2.24, 2.45) is 0 Å². The molecule has 2 rings (SSSR count). The highest BCUT2D eigenvalue weighted by molar-refractivity contribution is 6.42. The van der Waals surface area contributed by atoms with Gasteiger partial charge >= 0.3 is 0 Å². The Bertz CT molecular complexity index is 572. The van der Waals surface area contributed by atoms with Gasteiger partial charge in [-0.1, -0.05) is 36.2 Å². The van der Waals surface area contributed by atoms with Gasteiger partial charge < -0.3 is 9.73 Å². The van der Waals surface area contributed by atoms with E-state index in [4.69, 9.17) is 27.6 Å². The Labute approximate surface area is 134 Å². The van der Waals surface area contributed by atoms with Gasteiger partial charge in [-0.05, 0) is 43.6 Å². The minimum atomic E-state index is 0.538. The van der Waals surface area contributed by atoms with E-state index in [1.54, 1.807) is 6.07 Å². The predicted molar refractivity (Wildman–Crippen MR) is 85.0 cm³/mol. The number of nitrogens with zero attached hydrogens (tertiary/aromatic N) is 2. The largest absolute Gasteiger partial charge is 0.425 e. The molecule has 2 aromatic rings. The van der Waals surface area contributed by atoms with Crippen molar-refractivity contribution in [3.63, 3.8) is 0 Å². The first-order valence-corrected chi connectivity index (χ1v) is 7.90. The highest BCUT2D eigenvalue weighted by atomic mass is 35.5. The van der Waals surface area contributed by atoms with E-state index in [1.165, 1.54) is 0 Å². The standard InChI is InChI=1S/C15H19Cl2N3O/c1-2-7-18-8-3-4-14-19-20-15(21-14)10-11-5-6-12(16)13(17)9-11/h5-6,9,18H,2-4,7-8,10H2,1H3. The number of hydrogen-bond donors (Lipinski definition) is 1. The third-order valence-electron chi connectivity index (χ3n) is 3.02. The van der Waals surface area contributed by atoms with Crippen molar-refractivity contribution in [1.82, 2.24) is 15.5 Å². The average Bonchev–Trinajstić information content (AvgIpc) is 2.90. The van der Waals surface area contributed by atoms with Crippen LogP contribution in [0.25, 0.3) is 0 Å². The molecule has 0 fully saturated rings. The monoisotopic (exact) mass is 327 g/mol. The summed E-state index contributed by atoms with van der Waals surface area (Å²) >= 11 is 11.9. The minimum Gasteiger partial charge on any atom is -0.425 e. The minimum absolute atomic E-state index is 0.538. The lowest BCUT2D eigenvalue weighted by Crippen LogP contribution is -2.16. The first kappa shape index (κ1) is 16.3. The van der Waals surface area contributed by atoms with Gasteiger partial charge in [-0.2, -0.15) is 0 Å². The third-order valence-corrected chi connectivity index (χ3v) is 3.76. The number of aromatic nitrogens is 2. The van der Waals surface area contributed by atoms with Crippen LogP contribution in [0.5, 0.6) is 0 Å². The molecule has 0 aliphatic rings. The molecule has 1 aromatic heterocycles. The van der Waals surface area contributed by atoms with Crippen LogP contribution >= 0.6 is 23.2 Å². The molecule has 114 valence electrons. The number of aryl methyl sites for hydroxylation is 1. The molecule has 4 nitrogen and oxygen atoms in total. The lowest BCUT2D eigenvalue weighted by Gasteiger charge is -2.00. The van der Waals surface area contributed by atoms with Gasteiger partial charge in [0.15, 0.2) is 0 Å². The van der Waals surface area contributed by atoms with Crippen molar-refractivity contribution in [2.75, 3.05) is 13.1 Å². The molecule has 0 aliphatic heterocycles. The first-order valence-electron chi connectivity index (χ1n) is 7.15. The van der Waals surface area contributed by atoms with E-state index in [9.17, 15) is 0 Å². The third kappa shape index (κ3) is 5.30. The summed E-state index contributed by atoms with van der Waals surface area (Å²) < 4.78 is 5.64. The number of nitrogens with one attached hydrogen (secondary N) is 1. The molecule has 0 bridgehead atoms. The molecule has 1 N–H and O–H groups in total. The van der Waals surface area contributed by atoms with Crippen molar-refractivity contribution >= 4 is 23.2 Å². The van der Waals surface area contributed by atoms with E-state index in [0.717, 1.165) is 37.9 Å². The van der Waals surface area contributed by atoms with Crippen LogP contribution in [0.2, 0.25) is 10.0 Å². The maximum Gasteiger partial charge on any atom is 0.220 e. The topological polar surface area (TPSA) is 51.0 Å². The average molecular weight is 328 g/mol. The van der Waals surface area contributed by atoms with Crippen molar-refractivity contribution in [3.8, 4) is 0 Å². The summed E-state index contributed by atoms with van der Waals surface area (Å²) in [5, 5.41) is 12.6. The number of benzene rings is 1. The SMILES string of the molecule is CCCNCCCc1nnc(Cc2ccc(Cl)c(Cl)c2)o1. The molecule has 0 atom stereocenters. The van der Waals surface area contributed by atoms with Gasteiger partial charge in [0.1, 0.15) is 0 Å². The highest BCUT2D eigenvalue weighted by Crippen LogP contribution is 2.23. The second-order valence-corrected chi connectivity index (χ2v) is 5.68. The van der Waals surface area contributed by atoms with E-state index in [-0.39, 0.29) is 0 Å². The molecule has 1 heterocycles. The van der Waals surface area contributed by atoms with E-state index < -0.39 is 0 Å². The fourth-order valence-electron chi connectivity index (χ4n) is 1.95. The second kappa shape index (κ2) is 8.37. The fourth-order valence-corrected chi connectivity index (χ4v) is 2.27. The second-order valence-electron chi connectivity index (χ2n) is 4.87. The number of rotatable bonds is 8.